The molecule has 7 nitrogen and oxygen atoms in total. The molecule has 0 amide bonds. The average Bonchev–Trinajstić information content (AvgIpc) is 3.14. The maximum absolute atomic E-state index is 5.85. The first-order valence-corrected chi connectivity index (χ1v) is 8.09. The molecule has 4 rings (SSSR count). The quantitative estimate of drug-likeness (QED) is 0.729. The molecule has 0 saturated carbocycles. The van der Waals surface area contributed by atoms with Gasteiger partial charge in [0.1, 0.15) is 5.69 Å². The predicted molar refractivity (Wildman–Crippen MR) is 86.8 cm³/mol. The van der Waals surface area contributed by atoms with E-state index in [1.807, 2.05) is 12.4 Å². The van der Waals surface area contributed by atoms with Gasteiger partial charge in [-0.3, -0.25) is 14.9 Å². The molecule has 1 saturated heterocycles. The highest BCUT2D eigenvalue weighted by atomic mass is 16.4. The summed E-state index contributed by atoms with van der Waals surface area (Å²) in [7, 11) is 0. The summed E-state index contributed by atoms with van der Waals surface area (Å²) in [6.07, 6.45) is 10.7. The van der Waals surface area contributed by atoms with Gasteiger partial charge in [-0.05, 0) is 37.1 Å². The molecule has 0 N–H and O–H groups in total. The first-order chi connectivity index (χ1) is 11.9. The molecular formula is C17H18N6O. The van der Waals surface area contributed by atoms with Gasteiger partial charge in [-0.25, -0.2) is 4.98 Å². The van der Waals surface area contributed by atoms with Gasteiger partial charge in [0.15, 0.2) is 0 Å². The van der Waals surface area contributed by atoms with Crippen molar-refractivity contribution in [2.75, 3.05) is 13.1 Å². The fourth-order valence-corrected chi connectivity index (χ4v) is 3.06. The number of piperidine rings is 1. The number of rotatable bonds is 4. The molecular weight excluding hydrogens is 304 g/mol. The van der Waals surface area contributed by atoms with E-state index < -0.39 is 0 Å². The molecule has 4 heterocycles. The second-order valence-corrected chi connectivity index (χ2v) is 5.97. The monoisotopic (exact) mass is 322 g/mol. The highest BCUT2D eigenvalue weighted by Crippen LogP contribution is 2.28. The van der Waals surface area contributed by atoms with Crippen LogP contribution >= 0.6 is 0 Å². The van der Waals surface area contributed by atoms with Crippen molar-refractivity contribution in [1.82, 2.24) is 30.0 Å². The van der Waals surface area contributed by atoms with Gasteiger partial charge in [0.25, 0.3) is 5.89 Å². The van der Waals surface area contributed by atoms with Crippen LogP contribution in [0, 0.1) is 0 Å². The lowest BCUT2D eigenvalue weighted by atomic mass is 9.97. The second kappa shape index (κ2) is 6.84. The number of aromatic nitrogens is 5. The van der Waals surface area contributed by atoms with Crippen LogP contribution in [-0.2, 0) is 6.54 Å². The first-order valence-electron chi connectivity index (χ1n) is 8.09. The zero-order valence-corrected chi connectivity index (χ0v) is 13.2. The van der Waals surface area contributed by atoms with Crippen molar-refractivity contribution >= 4 is 0 Å². The van der Waals surface area contributed by atoms with E-state index in [0.717, 1.165) is 32.5 Å². The van der Waals surface area contributed by atoms with Crippen LogP contribution in [0.4, 0.5) is 0 Å². The first kappa shape index (κ1) is 14.9. The number of nitrogens with zero attached hydrogens (tertiary/aromatic N) is 6. The molecule has 0 bridgehead atoms. The fraction of sp³-hybridized carbons (Fsp3) is 0.353. The molecule has 1 aliphatic heterocycles. The summed E-state index contributed by atoms with van der Waals surface area (Å²) in [4.78, 5) is 14.7. The predicted octanol–water partition coefficient (Wildman–Crippen LogP) is 2.30. The maximum Gasteiger partial charge on any atom is 0.267 e. The van der Waals surface area contributed by atoms with Crippen molar-refractivity contribution in [3.63, 3.8) is 0 Å². The van der Waals surface area contributed by atoms with Gasteiger partial charge in [0.2, 0.25) is 5.89 Å². The van der Waals surface area contributed by atoms with Gasteiger partial charge in [-0.15, -0.1) is 10.2 Å². The van der Waals surface area contributed by atoms with Crippen molar-refractivity contribution in [3.05, 3.63) is 54.6 Å². The average molecular weight is 322 g/mol. The Balaban J connectivity index is 1.45. The van der Waals surface area contributed by atoms with E-state index in [-0.39, 0.29) is 5.92 Å². The maximum atomic E-state index is 5.85. The van der Waals surface area contributed by atoms with Crippen LogP contribution in [0.25, 0.3) is 11.6 Å². The lowest BCUT2D eigenvalue weighted by Gasteiger charge is -2.30. The number of hydrogen-bond donors (Lipinski definition) is 0. The van der Waals surface area contributed by atoms with Crippen molar-refractivity contribution in [1.29, 1.82) is 0 Å². The van der Waals surface area contributed by atoms with Crippen LogP contribution in [0.3, 0.4) is 0 Å². The smallest absolute Gasteiger partial charge is 0.267 e. The Morgan fingerprint density at radius 3 is 2.83 bits per heavy atom. The molecule has 1 unspecified atom stereocenters. The Hall–Kier alpha value is -2.67. The van der Waals surface area contributed by atoms with E-state index in [0.29, 0.717) is 17.5 Å². The van der Waals surface area contributed by atoms with Gasteiger partial charge < -0.3 is 4.42 Å². The zero-order chi connectivity index (χ0) is 16.2. The lowest BCUT2D eigenvalue weighted by molar-refractivity contribution is 0.186. The third kappa shape index (κ3) is 3.30. The Labute approximate surface area is 139 Å². The topological polar surface area (TPSA) is 80.8 Å². The van der Waals surface area contributed by atoms with Gasteiger partial charge in [-0.1, -0.05) is 0 Å². The third-order valence-corrected chi connectivity index (χ3v) is 4.23. The molecule has 1 atom stereocenters. The van der Waals surface area contributed by atoms with Crippen LogP contribution in [0.15, 0.2) is 47.5 Å². The van der Waals surface area contributed by atoms with E-state index in [9.17, 15) is 0 Å². The Morgan fingerprint density at radius 2 is 2.00 bits per heavy atom. The summed E-state index contributed by atoms with van der Waals surface area (Å²) < 4.78 is 5.85. The van der Waals surface area contributed by atoms with Crippen molar-refractivity contribution < 1.29 is 4.42 Å². The van der Waals surface area contributed by atoms with Crippen LogP contribution in [-0.4, -0.2) is 43.1 Å². The number of hydrogen-bond acceptors (Lipinski definition) is 7. The number of likely N-dealkylation sites (tertiary alicyclic amines) is 1. The third-order valence-electron chi connectivity index (χ3n) is 4.23. The van der Waals surface area contributed by atoms with Gasteiger partial charge in [-0.2, -0.15) is 0 Å². The van der Waals surface area contributed by atoms with Crippen LogP contribution < -0.4 is 0 Å². The van der Waals surface area contributed by atoms with Gasteiger partial charge >= 0.3 is 0 Å². The van der Waals surface area contributed by atoms with Crippen molar-refractivity contribution in [2.24, 2.45) is 0 Å². The molecule has 0 aromatic carbocycles. The minimum atomic E-state index is 0.263. The van der Waals surface area contributed by atoms with E-state index in [1.54, 1.807) is 18.6 Å². The molecule has 24 heavy (non-hydrogen) atoms. The molecule has 7 heteroatoms. The Kier molecular flexibility index (Phi) is 4.24. The Morgan fingerprint density at radius 1 is 1.08 bits per heavy atom. The lowest BCUT2D eigenvalue weighted by Crippen LogP contribution is -2.34. The molecule has 0 aliphatic carbocycles. The van der Waals surface area contributed by atoms with Gasteiger partial charge in [0, 0.05) is 37.9 Å². The normalized spacial score (nSPS) is 18.6. The van der Waals surface area contributed by atoms with Crippen molar-refractivity contribution in [2.45, 2.75) is 25.3 Å². The van der Waals surface area contributed by atoms with Crippen LogP contribution in [0.1, 0.15) is 30.2 Å². The second-order valence-electron chi connectivity index (χ2n) is 5.97. The zero-order valence-electron chi connectivity index (χ0n) is 13.2. The summed E-state index contributed by atoms with van der Waals surface area (Å²) in [6, 6.07) is 4.12. The van der Waals surface area contributed by atoms with E-state index in [2.05, 4.69) is 42.2 Å². The minimum Gasteiger partial charge on any atom is -0.419 e. The van der Waals surface area contributed by atoms with Crippen LogP contribution in [0.5, 0.6) is 0 Å². The SMILES string of the molecule is c1cc(CN2CCCC(c3nnc(-c4cnccn4)o3)C2)ccn1. The molecule has 0 radical (unpaired) electrons. The van der Waals surface area contributed by atoms with Crippen molar-refractivity contribution in [3.8, 4) is 11.6 Å². The Bertz CT molecular complexity index is 776. The molecule has 3 aromatic rings. The van der Waals surface area contributed by atoms with Gasteiger partial charge in [0.05, 0.1) is 12.1 Å². The van der Waals surface area contributed by atoms with Crippen LogP contribution in [0.2, 0.25) is 0 Å². The molecule has 1 fully saturated rings. The molecule has 3 aromatic heterocycles. The standard InChI is InChI=1S/C17H18N6O/c1-2-14(12-23(9-1)11-13-3-5-18-6-4-13)16-21-22-17(24-16)15-10-19-7-8-20-15/h3-8,10,14H,1-2,9,11-12H2. The summed E-state index contributed by atoms with van der Waals surface area (Å²) in [6.45, 7) is 2.93. The summed E-state index contributed by atoms with van der Waals surface area (Å²) >= 11 is 0. The highest BCUT2D eigenvalue weighted by Gasteiger charge is 2.26. The molecule has 1 aliphatic rings. The molecule has 0 spiro atoms. The molecule has 122 valence electrons. The summed E-state index contributed by atoms with van der Waals surface area (Å²) in [5, 5.41) is 8.36. The number of pyridine rings is 1. The largest absolute Gasteiger partial charge is 0.419 e. The minimum absolute atomic E-state index is 0.263. The fourth-order valence-electron chi connectivity index (χ4n) is 3.06. The summed E-state index contributed by atoms with van der Waals surface area (Å²) in [5.41, 5.74) is 1.89. The highest BCUT2D eigenvalue weighted by molar-refractivity contribution is 5.43. The van der Waals surface area contributed by atoms with E-state index in [1.165, 1.54) is 5.56 Å². The summed E-state index contributed by atoms with van der Waals surface area (Å²) in [5.74, 6) is 1.39. The van der Waals surface area contributed by atoms with E-state index >= 15 is 0 Å². The van der Waals surface area contributed by atoms with E-state index in [4.69, 9.17) is 4.42 Å².